The minimum absolute atomic E-state index is 0.0774. The number of carboxylic acids is 1. The Labute approximate surface area is 178 Å². The lowest BCUT2D eigenvalue weighted by atomic mass is 10.1. The molecule has 0 aliphatic rings. The van der Waals surface area contributed by atoms with E-state index in [1.165, 1.54) is 25.2 Å². The molecular formula is C19H26ClF3N2O5. The average Bonchev–Trinajstić information content (AvgIpc) is 2.65. The molecule has 0 saturated carbocycles. The first-order chi connectivity index (χ1) is 14.0. The molecule has 0 spiro atoms. The van der Waals surface area contributed by atoms with Gasteiger partial charge in [-0.15, -0.1) is 0 Å². The zero-order valence-corrected chi connectivity index (χ0v) is 17.7. The number of hydrogen-bond acceptors (Lipinski definition) is 5. The predicted octanol–water partition coefficient (Wildman–Crippen LogP) is 3.86. The number of hydrogen-bond donors (Lipinski definition) is 2. The molecule has 0 aliphatic heterocycles. The molecule has 1 amide bonds. The fourth-order valence-electron chi connectivity index (χ4n) is 2.77. The topological polar surface area (TPSA) is 88.1 Å². The van der Waals surface area contributed by atoms with E-state index in [4.69, 9.17) is 26.2 Å². The highest BCUT2D eigenvalue weighted by molar-refractivity contribution is 6.31. The van der Waals surface area contributed by atoms with Gasteiger partial charge in [0, 0.05) is 45.5 Å². The maximum atomic E-state index is 13.0. The highest BCUT2D eigenvalue weighted by Crippen LogP contribution is 2.36. The third kappa shape index (κ3) is 8.76. The molecule has 0 aliphatic carbocycles. The van der Waals surface area contributed by atoms with Crippen LogP contribution >= 0.6 is 11.6 Å². The number of methoxy groups -OCH3 is 2. The normalized spacial score (nSPS) is 12.7. The van der Waals surface area contributed by atoms with Crippen molar-refractivity contribution in [3.05, 3.63) is 28.8 Å². The van der Waals surface area contributed by atoms with Crippen LogP contribution in [-0.4, -0.2) is 61.5 Å². The van der Waals surface area contributed by atoms with Gasteiger partial charge in [-0.1, -0.05) is 11.6 Å². The van der Waals surface area contributed by atoms with Crippen molar-refractivity contribution in [2.45, 2.75) is 44.7 Å². The molecule has 0 unspecified atom stereocenters. The number of nitrogens with zero attached hydrogens (tertiary/aromatic N) is 1. The first-order valence-corrected chi connectivity index (χ1v) is 9.54. The number of nitrogens with one attached hydrogen (secondary N) is 1. The van der Waals surface area contributed by atoms with Crippen LogP contribution in [0.5, 0.6) is 0 Å². The van der Waals surface area contributed by atoms with Gasteiger partial charge in [0.15, 0.2) is 6.29 Å². The summed E-state index contributed by atoms with van der Waals surface area (Å²) in [5.41, 5.74) is -0.761. The molecule has 0 saturated heterocycles. The van der Waals surface area contributed by atoms with Crippen molar-refractivity contribution in [2.75, 3.05) is 32.6 Å². The van der Waals surface area contributed by atoms with Gasteiger partial charge in [-0.3, -0.25) is 9.59 Å². The van der Waals surface area contributed by atoms with E-state index >= 15 is 0 Å². The second-order valence-electron chi connectivity index (χ2n) is 6.68. The Morgan fingerprint density at radius 1 is 1.27 bits per heavy atom. The van der Waals surface area contributed by atoms with Gasteiger partial charge in [-0.2, -0.15) is 13.2 Å². The van der Waals surface area contributed by atoms with Crippen molar-refractivity contribution in [3.8, 4) is 0 Å². The van der Waals surface area contributed by atoms with Gasteiger partial charge in [0.2, 0.25) is 5.91 Å². The smallest absolute Gasteiger partial charge is 0.417 e. The lowest BCUT2D eigenvalue weighted by molar-refractivity contribution is -0.149. The molecular weight excluding hydrogens is 429 g/mol. The quantitative estimate of drug-likeness (QED) is 0.466. The molecule has 0 radical (unpaired) electrons. The maximum Gasteiger partial charge on any atom is 0.417 e. The highest BCUT2D eigenvalue weighted by Gasteiger charge is 2.33. The summed E-state index contributed by atoms with van der Waals surface area (Å²) < 4.78 is 49.2. The number of ether oxygens (including phenoxy) is 2. The number of halogens is 4. The van der Waals surface area contributed by atoms with Crippen molar-refractivity contribution in [2.24, 2.45) is 0 Å². The van der Waals surface area contributed by atoms with E-state index in [1.807, 2.05) is 0 Å². The Bertz CT molecular complexity index is 714. The first-order valence-electron chi connectivity index (χ1n) is 9.16. The number of carboxylic acid groups (broad SMARTS) is 1. The van der Waals surface area contributed by atoms with Gasteiger partial charge < -0.3 is 24.8 Å². The van der Waals surface area contributed by atoms with Crippen LogP contribution in [-0.2, 0) is 25.2 Å². The second kappa shape index (κ2) is 12.0. The van der Waals surface area contributed by atoms with E-state index in [1.54, 1.807) is 6.92 Å². The lowest BCUT2D eigenvalue weighted by Gasteiger charge is -2.28. The Morgan fingerprint density at radius 3 is 2.43 bits per heavy atom. The molecule has 0 fully saturated rings. The molecule has 0 aromatic heterocycles. The molecule has 7 nitrogen and oxygen atoms in total. The van der Waals surface area contributed by atoms with Crippen molar-refractivity contribution >= 4 is 29.2 Å². The minimum Gasteiger partial charge on any atom is -0.481 e. The average molecular weight is 455 g/mol. The Morgan fingerprint density at radius 2 is 1.90 bits per heavy atom. The fourth-order valence-corrected chi connectivity index (χ4v) is 2.99. The Hall–Kier alpha value is -2.04. The number of benzene rings is 1. The third-order valence-corrected chi connectivity index (χ3v) is 4.55. The van der Waals surface area contributed by atoms with Gasteiger partial charge in [0.05, 0.1) is 17.0 Å². The summed E-state index contributed by atoms with van der Waals surface area (Å²) in [4.78, 5) is 24.8. The SMILES string of the molecule is COC(CC(=O)N(CCCC(=O)O)C[C@@H](C)Nc1ccc(Cl)c(C(F)(F)F)c1)OC. The molecule has 11 heteroatoms. The monoisotopic (exact) mass is 454 g/mol. The summed E-state index contributed by atoms with van der Waals surface area (Å²) in [6.07, 6.45) is -5.31. The van der Waals surface area contributed by atoms with E-state index in [0.29, 0.717) is 0 Å². The molecule has 1 aromatic rings. The Kier molecular flexibility index (Phi) is 10.4. The molecule has 30 heavy (non-hydrogen) atoms. The van der Waals surface area contributed by atoms with Gasteiger partial charge in [-0.25, -0.2) is 0 Å². The number of rotatable bonds is 12. The van der Waals surface area contributed by atoms with Gasteiger partial charge >= 0.3 is 12.1 Å². The van der Waals surface area contributed by atoms with Crippen LogP contribution in [0.4, 0.5) is 18.9 Å². The number of anilines is 1. The lowest BCUT2D eigenvalue weighted by Crippen LogP contribution is -2.41. The number of aliphatic carboxylic acids is 1. The van der Waals surface area contributed by atoms with E-state index in [2.05, 4.69) is 5.32 Å². The number of amides is 1. The minimum atomic E-state index is -4.59. The predicted molar refractivity (Wildman–Crippen MR) is 105 cm³/mol. The summed E-state index contributed by atoms with van der Waals surface area (Å²) in [6, 6.07) is 3.04. The van der Waals surface area contributed by atoms with Gasteiger partial charge in [0.1, 0.15) is 0 Å². The summed E-state index contributed by atoms with van der Waals surface area (Å²) >= 11 is 5.63. The summed E-state index contributed by atoms with van der Waals surface area (Å²) in [7, 11) is 2.78. The number of carbonyl (C=O) groups is 2. The number of alkyl halides is 3. The van der Waals surface area contributed by atoms with Crippen LogP contribution in [0.25, 0.3) is 0 Å². The zero-order chi connectivity index (χ0) is 22.9. The van der Waals surface area contributed by atoms with Crippen LogP contribution in [0, 0.1) is 0 Å². The van der Waals surface area contributed by atoms with Crippen molar-refractivity contribution in [1.29, 1.82) is 0 Å². The van der Waals surface area contributed by atoms with E-state index in [0.717, 1.165) is 12.1 Å². The maximum absolute atomic E-state index is 13.0. The van der Waals surface area contributed by atoms with Gasteiger partial charge in [0.25, 0.3) is 0 Å². The van der Waals surface area contributed by atoms with Crippen molar-refractivity contribution in [1.82, 2.24) is 4.90 Å². The van der Waals surface area contributed by atoms with Crippen molar-refractivity contribution < 1.29 is 37.3 Å². The van der Waals surface area contributed by atoms with Gasteiger partial charge in [-0.05, 0) is 31.5 Å². The molecule has 1 rings (SSSR count). The molecule has 0 heterocycles. The summed E-state index contributed by atoms with van der Waals surface area (Å²) in [6.45, 7) is 2.01. The van der Waals surface area contributed by atoms with Crippen LogP contribution in [0.15, 0.2) is 18.2 Å². The van der Waals surface area contributed by atoms with Crippen LogP contribution in [0.3, 0.4) is 0 Å². The summed E-state index contributed by atoms with van der Waals surface area (Å²) in [5, 5.41) is 11.3. The standard InChI is InChI=1S/C19H26ClF3N2O5/c1-12(24-13-6-7-15(20)14(9-13)19(21,22)23)11-25(8-4-5-17(27)28)16(26)10-18(29-2)30-3/h6-7,9,12,18,24H,4-5,8,10-11H2,1-3H3,(H,27,28)/t12-/m1/s1. The molecule has 2 N–H and O–H groups in total. The zero-order valence-electron chi connectivity index (χ0n) is 17.0. The van der Waals surface area contributed by atoms with Crippen LogP contribution < -0.4 is 5.32 Å². The fraction of sp³-hybridized carbons (Fsp3) is 0.579. The molecule has 1 aromatic carbocycles. The number of carbonyl (C=O) groups excluding carboxylic acids is 1. The second-order valence-corrected chi connectivity index (χ2v) is 7.09. The first kappa shape index (κ1) is 26.0. The Balaban J connectivity index is 2.86. The highest BCUT2D eigenvalue weighted by atomic mass is 35.5. The van der Waals surface area contributed by atoms with E-state index in [9.17, 15) is 22.8 Å². The molecule has 170 valence electrons. The van der Waals surface area contributed by atoms with E-state index < -0.39 is 35.1 Å². The van der Waals surface area contributed by atoms with Crippen LogP contribution in [0.1, 0.15) is 31.7 Å². The third-order valence-electron chi connectivity index (χ3n) is 4.22. The largest absolute Gasteiger partial charge is 0.481 e. The van der Waals surface area contributed by atoms with Crippen molar-refractivity contribution in [3.63, 3.8) is 0 Å². The van der Waals surface area contributed by atoms with E-state index in [-0.39, 0.29) is 43.9 Å². The van der Waals surface area contributed by atoms with Crippen LogP contribution in [0.2, 0.25) is 5.02 Å². The molecule has 0 bridgehead atoms. The summed E-state index contributed by atoms with van der Waals surface area (Å²) in [5.74, 6) is -1.31. The molecule has 1 atom stereocenters.